The number of rotatable bonds is 18. The molecule has 0 fully saturated rings. The van der Waals surface area contributed by atoms with Crippen molar-refractivity contribution in [2.45, 2.75) is 117 Å². The van der Waals surface area contributed by atoms with Crippen molar-refractivity contribution in [2.24, 2.45) is 5.92 Å². The van der Waals surface area contributed by atoms with E-state index in [2.05, 4.69) is 35.9 Å². The molecule has 0 bridgehead atoms. The average molecular weight is 479 g/mol. The van der Waals surface area contributed by atoms with Crippen LogP contribution in [-0.2, 0) is 6.42 Å². The monoisotopic (exact) mass is 478 g/mol. The van der Waals surface area contributed by atoms with Gasteiger partial charge in [-0.15, -0.1) is 0 Å². The Balaban J connectivity index is 1.41. The molecular formula is C31H46N2O2. The van der Waals surface area contributed by atoms with Gasteiger partial charge in [-0.3, -0.25) is 4.79 Å². The summed E-state index contributed by atoms with van der Waals surface area (Å²) < 4.78 is 5.84. The maximum atomic E-state index is 13.0. The predicted octanol–water partition coefficient (Wildman–Crippen LogP) is 8.77. The van der Waals surface area contributed by atoms with Gasteiger partial charge in [-0.05, 0) is 30.9 Å². The molecule has 35 heavy (non-hydrogen) atoms. The van der Waals surface area contributed by atoms with Crippen LogP contribution >= 0.6 is 0 Å². The van der Waals surface area contributed by atoms with E-state index in [0.29, 0.717) is 24.0 Å². The zero-order valence-corrected chi connectivity index (χ0v) is 22.2. The van der Waals surface area contributed by atoms with Crippen molar-refractivity contribution < 1.29 is 9.53 Å². The number of Topliss-reactive ketones (excluding diaryl/α,β-unsaturated/α-hetero) is 1. The van der Waals surface area contributed by atoms with E-state index in [0.717, 1.165) is 36.8 Å². The summed E-state index contributed by atoms with van der Waals surface area (Å²) in [5.41, 5.74) is 2.96. The Labute approximate surface area is 213 Å². The number of benzene rings is 1. The van der Waals surface area contributed by atoms with Crippen LogP contribution in [0.15, 0.2) is 30.6 Å². The summed E-state index contributed by atoms with van der Waals surface area (Å²) in [6.07, 6.45) is 23.3. The lowest BCUT2D eigenvalue weighted by Gasteiger charge is -2.07. The molecule has 4 heteroatoms. The molecule has 0 radical (unpaired) electrons. The fourth-order valence-electron chi connectivity index (χ4n) is 5.07. The molecule has 0 aliphatic heterocycles. The first kappa shape index (κ1) is 27.4. The molecule has 1 aliphatic carbocycles. The fraction of sp³-hybridized carbons (Fsp3) is 0.645. The van der Waals surface area contributed by atoms with E-state index in [9.17, 15) is 4.79 Å². The standard InChI is InChI=1S/C31H46N2O2/c1-3-5-7-9-11-12-14-16-20-35-28-23-32-31(33-24-28)27-19-18-25-21-26(30(34)29(25)22-27)17-15-13-10-8-6-4-2/h18-19,22-24,26H,3-17,20-21H2,1-2H3. The summed E-state index contributed by atoms with van der Waals surface area (Å²) >= 11 is 0. The van der Waals surface area contributed by atoms with Gasteiger partial charge in [0.2, 0.25) is 0 Å². The van der Waals surface area contributed by atoms with Gasteiger partial charge in [0.15, 0.2) is 17.4 Å². The molecule has 0 spiro atoms. The van der Waals surface area contributed by atoms with E-state index in [-0.39, 0.29) is 5.92 Å². The molecule has 0 saturated heterocycles. The van der Waals surface area contributed by atoms with Gasteiger partial charge in [0.25, 0.3) is 0 Å². The zero-order valence-electron chi connectivity index (χ0n) is 22.2. The number of nitrogens with zero attached hydrogens (tertiary/aromatic N) is 2. The smallest absolute Gasteiger partial charge is 0.166 e. The SMILES string of the molecule is CCCCCCCCCCOc1cnc(-c2ccc3c(c2)C(=O)C(CCCCCCCC)C3)nc1. The highest BCUT2D eigenvalue weighted by molar-refractivity contribution is 6.03. The number of carbonyl (C=O) groups is 1. The first-order valence-corrected chi connectivity index (χ1v) is 14.3. The van der Waals surface area contributed by atoms with Gasteiger partial charge < -0.3 is 4.74 Å². The summed E-state index contributed by atoms with van der Waals surface area (Å²) in [5, 5.41) is 0. The molecule has 0 saturated carbocycles. The Morgan fingerprint density at radius 3 is 2.06 bits per heavy atom. The van der Waals surface area contributed by atoms with Crippen molar-refractivity contribution in [1.82, 2.24) is 9.97 Å². The lowest BCUT2D eigenvalue weighted by atomic mass is 9.96. The van der Waals surface area contributed by atoms with E-state index in [1.807, 2.05) is 6.07 Å². The molecule has 1 heterocycles. The van der Waals surface area contributed by atoms with E-state index in [1.54, 1.807) is 12.4 Å². The Kier molecular flexibility index (Phi) is 12.3. The largest absolute Gasteiger partial charge is 0.490 e. The van der Waals surface area contributed by atoms with Crippen LogP contribution < -0.4 is 4.74 Å². The highest BCUT2D eigenvalue weighted by Crippen LogP contribution is 2.33. The molecule has 1 unspecified atom stereocenters. The fourth-order valence-corrected chi connectivity index (χ4v) is 5.07. The first-order chi connectivity index (χ1) is 17.2. The predicted molar refractivity (Wildman–Crippen MR) is 145 cm³/mol. The summed E-state index contributed by atoms with van der Waals surface area (Å²) in [7, 11) is 0. The third-order valence-corrected chi connectivity index (χ3v) is 7.27. The maximum Gasteiger partial charge on any atom is 0.166 e. The lowest BCUT2D eigenvalue weighted by molar-refractivity contribution is 0.0929. The third kappa shape index (κ3) is 9.05. The molecule has 1 aromatic carbocycles. The topological polar surface area (TPSA) is 52.1 Å². The molecular weight excluding hydrogens is 432 g/mol. The number of aromatic nitrogens is 2. The van der Waals surface area contributed by atoms with Gasteiger partial charge in [-0.25, -0.2) is 9.97 Å². The van der Waals surface area contributed by atoms with E-state index in [4.69, 9.17) is 4.74 Å². The number of ether oxygens (including phenoxy) is 1. The van der Waals surface area contributed by atoms with E-state index < -0.39 is 0 Å². The number of hydrogen-bond donors (Lipinski definition) is 0. The molecule has 1 aromatic heterocycles. The molecule has 2 aromatic rings. The third-order valence-electron chi connectivity index (χ3n) is 7.27. The van der Waals surface area contributed by atoms with Gasteiger partial charge in [-0.1, -0.05) is 109 Å². The van der Waals surface area contributed by atoms with Crippen LogP contribution in [0, 0.1) is 5.92 Å². The Morgan fingerprint density at radius 1 is 0.800 bits per heavy atom. The second-order valence-electron chi connectivity index (χ2n) is 10.3. The second kappa shape index (κ2) is 15.7. The van der Waals surface area contributed by atoms with E-state index in [1.165, 1.54) is 82.6 Å². The summed E-state index contributed by atoms with van der Waals surface area (Å²) in [6, 6.07) is 6.14. The molecule has 1 atom stereocenters. The molecule has 0 N–H and O–H groups in total. The molecule has 192 valence electrons. The maximum absolute atomic E-state index is 13.0. The minimum atomic E-state index is 0.152. The normalized spacial score (nSPS) is 14.9. The van der Waals surface area contributed by atoms with Crippen LogP contribution in [0.2, 0.25) is 0 Å². The minimum absolute atomic E-state index is 0.152. The summed E-state index contributed by atoms with van der Waals surface area (Å²) in [5.74, 6) is 1.83. The van der Waals surface area contributed by atoms with Crippen LogP contribution in [0.5, 0.6) is 5.75 Å². The number of hydrogen-bond acceptors (Lipinski definition) is 4. The summed E-state index contributed by atoms with van der Waals surface area (Å²) in [6.45, 7) is 5.21. The van der Waals surface area contributed by atoms with Gasteiger partial charge in [-0.2, -0.15) is 0 Å². The van der Waals surface area contributed by atoms with Crippen LogP contribution in [0.25, 0.3) is 11.4 Å². The quantitative estimate of drug-likeness (QED) is 0.201. The number of fused-ring (bicyclic) bond motifs is 1. The van der Waals surface area contributed by atoms with Crippen molar-refractivity contribution in [1.29, 1.82) is 0 Å². The van der Waals surface area contributed by atoms with Crippen molar-refractivity contribution in [3.63, 3.8) is 0 Å². The van der Waals surface area contributed by atoms with Gasteiger partial charge >= 0.3 is 0 Å². The molecule has 3 rings (SSSR count). The molecule has 0 amide bonds. The Bertz CT molecular complexity index is 878. The minimum Gasteiger partial charge on any atom is -0.490 e. The number of carbonyl (C=O) groups excluding carboxylic acids is 1. The van der Waals surface area contributed by atoms with Crippen LogP contribution in [0.1, 0.15) is 126 Å². The molecule has 1 aliphatic rings. The van der Waals surface area contributed by atoms with E-state index >= 15 is 0 Å². The zero-order chi connectivity index (χ0) is 24.7. The van der Waals surface area contributed by atoms with Crippen molar-refractivity contribution >= 4 is 5.78 Å². The highest BCUT2D eigenvalue weighted by atomic mass is 16.5. The highest BCUT2D eigenvalue weighted by Gasteiger charge is 2.30. The van der Waals surface area contributed by atoms with Gasteiger partial charge in [0, 0.05) is 17.0 Å². The average Bonchev–Trinajstić information content (AvgIpc) is 3.20. The van der Waals surface area contributed by atoms with Gasteiger partial charge in [0.05, 0.1) is 19.0 Å². The van der Waals surface area contributed by atoms with Crippen molar-refractivity contribution in [3.05, 3.63) is 41.7 Å². The Hall–Kier alpha value is -2.23. The van der Waals surface area contributed by atoms with Crippen molar-refractivity contribution in [3.8, 4) is 17.1 Å². The number of ketones is 1. The van der Waals surface area contributed by atoms with Crippen LogP contribution in [-0.4, -0.2) is 22.4 Å². The van der Waals surface area contributed by atoms with Crippen molar-refractivity contribution in [2.75, 3.05) is 6.61 Å². The summed E-state index contributed by atoms with van der Waals surface area (Å²) in [4.78, 5) is 22.0. The Morgan fingerprint density at radius 2 is 1.40 bits per heavy atom. The lowest BCUT2D eigenvalue weighted by Crippen LogP contribution is -2.08. The second-order valence-corrected chi connectivity index (χ2v) is 10.3. The van der Waals surface area contributed by atoms with Crippen LogP contribution in [0.3, 0.4) is 0 Å². The molecule has 4 nitrogen and oxygen atoms in total. The first-order valence-electron chi connectivity index (χ1n) is 14.3. The number of unbranched alkanes of at least 4 members (excludes halogenated alkanes) is 12. The van der Waals surface area contributed by atoms with Crippen LogP contribution in [0.4, 0.5) is 0 Å². The van der Waals surface area contributed by atoms with Gasteiger partial charge in [0.1, 0.15) is 0 Å².